The molecule has 6 heteroatoms. The van der Waals surface area contributed by atoms with E-state index in [2.05, 4.69) is 27.4 Å². The highest BCUT2D eigenvalue weighted by Crippen LogP contribution is 2.24. The number of pyridine rings is 1. The topological polar surface area (TPSA) is 73.1 Å². The fourth-order valence-corrected chi connectivity index (χ4v) is 2.50. The molecule has 2 atom stereocenters. The zero-order valence-electron chi connectivity index (χ0n) is 12.2. The van der Waals surface area contributed by atoms with Crippen LogP contribution in [0.1, 0.15) is 36.5 Å². The van der Waals surface area contributed by atoms with E-state index in [4.69, 9.17) is 9.26 Å². The average molecular weight is 288 g/mol. The summed E-state index contributed by atoms with van der Waals surface area (Å²) in [6.45, 7) is 4.46. The van der Waals surface area contributed by atoms with Gasteiger partial charge < -0.3 is 14.6 Å². The molecule has 0 bridgehead atoms. The van der Waals surface area contributed by atoms with Crippen LogP contribution >= 0.6 is 0 Å². The van der Waals surface area contributed by atoms with Gasteiger partial charge >= 0.3 is 0 Å². The van der Waals surface area contributed by atoms with Crippen molar-refractivity contribution in [3.63, 3.8) is 0 Å². The number of rotatable bonds is 6. The van der Waals surface area contributed by atoms with Gasteiger partial charge in [-0.05, 0) is 24.6 Å². The molecule has 0 aromatic carbocycles. The summed E-state index contributed by atoms with van der Waals surface area (Å²) in [5.41, 5.74) is 1.08. The van der Waals surface area contributed by atoms with Crippen molar-refractivity contribution in [2.75, 3.05) is 19.8 Å². The molecule has 112 valence electrons. The fourth-order valence-electron chi connectivity index (χ4n) is 2.50. The second-order valence-corrected chi connectivity index (χ2v) is 5.29. The molecule has 6 nitrogen and oxygen atoms in total. The Hall–Kier alpha value is -1.79. The number of nitrogens with zero attached hydrogens (tertiary/aromatic N) is 3. The van der Waals surface area contributed by atoms with E-state index in [0.717, 1.165) is 18.5 Å². The van der Waals surface area contributed by atoms with Crippen molar-refractivity contribution in [1.82, 2.24) is 20.4 Å². The van der Waals surface area contributed by atoms with Crippen molar-refractivity contribution in [3.05, 3.63) is 41.8 Å². The van der Waals surface area contributed by atoms with Gasteiger partial charge in [-0.2, -0.15) is 4.98 Å². The maximum atomic E-state index is 5.55. The Labute approximate surface area is 123 Å². The van der Waals surface area contributed by atoms with E-state index < -0.39 is 0 Å². The minimum absolute atomic E-state index is 0.145. The molecule has 2 aromatic heterocycles. The zero-order chi connectivity index (χ0) is 14.5. The third-order valence-electron chi connectivity index (χ3n) is 3.62. The first-order valence-corrected chi connectivity index (χ1v) is 7.39. The number of hydrogen-bond acceptors (Lipinski definition) is 6. The molecule has 0 aliphatic carbocycles. The van der Waals surface area contributed by atoms with Crippen LogP contribution in [-0.4, -0.2) is 40.9 Å². The third kappa shape index (κ3) is 3.46. The predicted octanol–water partition coefficient (Wildman–Crippen LogP) is 1.54. The maximum Gasteiger partial charge on any atom is 0.233 e. The summed E-state index contributed by atoms with van der Waals surface area (Å²) < 4.78 is 11.0. The van der Waals surface area contributed by atoms with Crippen molar-refractivity contribution < 1.29 is 9.26 Å². The van der Waals surface area contributed by atoms with E-state index in [9.17, 15) is 0 Å². The lowest BCUT2D eigenvalue weighted by molar-refractivity contribution is 0.184. The normalized spacial score (nSPS) is 21.8. The zero-order valence-corrected chi connectivity index (χ0v) is 12.2. The first-order valence-electron chi connectivity index (χ1n) is 7.39. The van der Waals surface area contributed by atoms with Crippen LogP contribution in [0.4, 0.5) is 0 Å². The molecule has 1 aliphatic heterocycles. The van der Waals surface area contributed by atoms with Crippen LogP contribution in [0.15, 0.2) is 29.0 Å². The molecule has 0 spiro atoms. The first-order chi connectivity index (χ1) is 10.4. The van der Waals surface area contributed by atoms with Gasteiger partial charge in [0.2, 0.25) is 5.89 Å². The standard InChI is InChI=1S/C15H20N4O2/c1-2-5-17-13-10-20-9-12(13)15-18-14(19-21-15)7-11-4-3-6-16-8-11/h3-4,6,8,12-13,17H,2,5,7,9-10H2,1H3. The smallest absolute Gasteiger partial charge is 0.233 e. The molecule has 2 unspecified atom stereocenters. The van der Waals surface area contributed by atoms with Gasteiger partial charge in [0.25, 0.3) is 0 Å². The quantitative estimate of drug-likeness (QED) is 0.869. The van der Waals surface area contributed by atoms with Crippen molar-refractivity contribution in [2.45, 2.75) is 31.7 Å². The number of nitrogens with one attached hydrogen (secondary N) is 1. The van der Waals surface area contributed by atoms with E-state index in [0.29, 0.717) is 31.3 Å². The summed E-state index contributed by atoms with van der Waals surface area (Å²) in [7, 11) is 0. The fraction of sp³-hybridized carbons (Fsp3) is 0.533. The van der Waals surface area contributed by atoms with Crippen molar-refractivity contribution in [1.29, 1.82) is 0 Å². The van der Waals surface area contributed by atoms with Crippen LogP contribution < -0.4 is 5.32 Å². The molecular weight excluding hydrogens is 268 g/mol. The van der Waals surface area contributed by atoms with Gasteiger partial charge in [-0.3, -0.25) is 4.98 Å². The summed E-state index contributed by atoms with van der Waals surface area (Å²) >= 11 is 0. The Bertz CT molecular complexity index is 558. The van der Waals surface area contributed by atoms with E-state index >= 15 is 0 Å². The van der Waals surface area contributed by atoms with Gasteiger partial charge in [0.1, 0.15) is 0 Å². The first kappa shape index (κ1) is 14.2. The molecule has 2 aromatic rings. The third-order valence-corrected chi connectivity index (χ3v) is 3.62. The highest BCUT2D eigenvalue weighted by Gasteiger charge is 2.33. The van der Waals surface area contributed by atoms with Crippen LogP contribution in [0, 0.1) is 0 Å². The highest BCUT2D eigenvalue weighted by molar-refractivity contribution is 5.14. The summed E-state index contributed by atoms with van der Waals surface area (Å²) in [5.74, 6) is 1.51. The lowest BCUT2D eigenvalue weighted by Crippen LogP contribution is -2.35. The largest absolute Gasteiger partial charge is 0.379 e. The molecule has 0 saturated carbocycles. The minimum Gasteiger partial charge on any atom is -0.379 e. The van der Waals surface area contributed by atoms with Gasteiger partial charge in [0.15, 0.2) is 5.82 Å². The summed E-state index contributed by atoms with van der Waals surface area (Å²) in [4.78, 5) is 8.62. The average Bonchev–Trinajstić information content (AvgIpc) is 3.15. The Morgan fingerprint density at radius 3 is 3.14 bits per heavy atom. The molecule has 1 saturated heterocycles. The van der Waals surface area contributed by atoms with Crippen LogP contribution in [0.2, 0.25) is 0 Å². The van der Waals surface area contributed by atoms with Crippen molar-refractivity contribution >= 4 is 0 Å². The van der Waals surface area contributed by atoms with Crippen molar-refractivity contribution in [2.24, 2.45) is 0 Å². The van der Waals surface area contributed by atoms with E-state index in [1.807, 2.05) is 18.3 Å². The lowest BCUT2D eigenvalue weighted by atomic mass is 10.0. The molecule has 1 aliphatic rings. The molecule has 1 N–H and O–H groups in total. The van der Waals surface area contributed by atoms with E-state index in [-0.39, 0.29) is 12.0 Å². The molecule has 3 heterocycles. The van der Waals surface area contributed by atoms with E-state index in [1.165, 1.54) is 0 Å². The van der Waals surface area contributed by atoms with Gasteiger partial charge in [-0.1, -0.05) is 18.1 Å². The Kier molecular flexibility index (Phi) is 4.57. The molecule has 0 amide bonds. The van der Waals surface area contributed by atoms with Crippen LogP contribution in [0.5, 0.6) is 0 Å². The van der Waals surface area contributed by atoms with Gasteiger partial charge in [0, 0.05) is 24.9 Å². The molecule has 1 fully saturated rings. The van der Waals surface area contributed by atoms with Gasteiger partial charge in [0.05, 0.1) is 19.1 Å². The van der Waals surface area contributed by atoms with Gasteiger partial charge in [-0.15, -0.1) is 0 Å². The monoisotopic (exact) mass is 288 g/mol. The summed E-state index contributed by atoms with van der Waals surface area (Å²) in [6.07, 6.45) is 5.31. The lowest BCUT2D eigenvalue weighted by Gasteiger charge is -2.14. The molecule has 21 heavy (non-hydrogen) atoms. The number of aromatic nitrogens is 3. The Morgan fingerprint density at radius 2 is 2.33 bits per heavy atom. The Balaban J connectivity index is 1.66. The summed E-state index contributed by atoms with van der Waals surface area (Å²) in [5, 5.41) is 7.55. The summed E-state index contributed by atoms with van der Waals surface area (Å²) in [6, 6.07) is 4.18. The SMILES string of the molecule is CCCNC1COCC1c1nc(Cc2cccnc2)no1. The van der Waals surface area contributed by atoms with Crippen LogP contribution in [0.25, 0.3) is 0 Å². The second kappa shape index (κ2) is 6.78. The minimum atomic E-state index is 0.145. The number of ether oxygens (including phenoxy) is 1. The second-order valence-electron chi connectivity index (χ2n) is 5.29. The predicted molar refractivity (Wildman–Crippen MR) is 77.0 cm³/mol. The van der Waals surface area contributed by atoms with E-state index in [1.54, 1.807) is 6.20 Å². The maximum absolute atomic E-state index is 5.55. The Morgan fingerprint density at radius 1 is 1.38 bits per heavy atom. The van der Waals surface area contributed by atoms with Gasteiger partial charge in [-0.25, -0.2) is 0 Å². The molecule has 0 radical (unpaired) electrons. The van der Waals surface area contributed by atoms with Crippen molar-refractivity contribution in [3.8, 4) is 0 Å². The van der Waals surface area contributed by atoms with Crippen LogP contribution in [-0.2, 0) is 11.2 Å². The number of hydrogen-bond donors (Lipinski definition) is 1. The highest BCUT2D eigenvalue weighted by atomic mass is 16.5. The molecule has 3 rings (SSSR count). The van der Waals surface area contributed by atoms with Crippen LogP contribution in [0.3, 0.4) is 0 Å². The molecular formula is C15H20N4O2.